The van der Waals surface area contributed by atoms with Gasteiger partial charge in [-0.1, -0.05) is 80.0 Å². The third kappa shape index (κ3) is 2.93. The molecular formula is C32H23ClN2. The molecule has 168 valence electrons. The van der Waals surface area contributed by atoms with Gasteiger partial charge in [-0.05, 0) is 91.0 Å². The first-order chi connectivity index (χ1) is 17.0. The fraction of sp³-hybridized carbons (Fsp3) is 0.0938. The van der Waals surface area contributed by atoms with Gasteiger partial charge in [-0.25, -0.2) is 4.98 Å². The molecule has 0 unspecified atom stereocenters. The van der Waals surface area contributed by atoms with Crippen LogP contribution in [0.3, 0.4) is 0 Å². The molecule has 0 bridgehead atoms. The topological polar surface area (TPSA) is 24.9 Å². The van der Waals surface area contributed by atoms with E-state index in [-0.39, 0.29) is 5.41 Å². The van der Waals surface area contributed by atoms with Crippen molar-refractivity contribution in [2.24, 2.45) is 0 Å². The normalized spacial score (nSPS) is 13.8. The fourth-order valence-corrected chi connectivity index (χ4v) is 6.01. The minimum atomic E-state index is -0.0905. The van der Waals surface area contributed by atoms with E-state index in [1.54, 1.807) is 6.20 Å². The molecule has 1 aromatic heterocycles. The van der Waals surface area contributed by atoms with E-state index < -0.39 is 0 Å². The summed E-state index contributed by atoms with van der Waals surface area (Å²) in [4.78, 5) is 4.40. The summed E-state index contributed by atoms with van der Waals surface area (Å²) >= 11 is 6.36. The van der Waals surface area contributed by atoms with E-state index >= 15 is 0 Å². The van der Waals surface area contributed by atoms with Crippen molar-refractivity contribution in [2.45, 2.75) is 19.3 Å². The van der Waals surface area contributed by atoms with Gasteiger partial charge in [0.1, 0.15) is 5.82 Å². The lowest BCUT2D eigenvalue weighted by Crippen LogP contribution is -2.15. The molecular weight excluding hydrogens is 448 g/mol. The summed E-state index contributed by atoms with van der Waals surface area (Å²) in [5.74, 6) is 0.669. The smallest absolute Gasteiger partial charge is 0.149 e. The first-order valence-electron chi connectivity index (χ1n) is 11.9. The van der Waals surface area contributed by atoms with Crippen LogP contribution in [0.1, 0.15) is 25.0 Å². The Balaban J connectivity index is 1.51. The Morgan fingerprint density at radius 2 is 1.23 bits per heavy atom. The second-order valence-corrected chi connectivity index (χ2v) is 10.3. The van der Waals surface area contributed by atoms with Crippen LogP contribution in [0.5, 0.6) is 0 Å². The van der Waals surface area contributed by atoms with Crippen molar-refractivity contribution in [3.63, 3.8) is 0 Å². The Morgan fingerprint density at radius 3 is 1.89 bits per heavy atom. The summed E-state index contributed by atoms with van der Waals surface area (Å²) in [6, 6.07) is 32.7. The molecule has 0 amide bonds. The zero-order chi connectivity index (χ0) is 23.7. The average molecular weight is 471 g/mol. The summed E-state index contributed by atoms with van der Waals surface area (Å²) in [6.07, 6.45) is 1.75. The largest absolute Gasteiger partial charge is 0.339 e. The molecule has 35 heavy (non-hydrogen) atoms. The highest BCUT2D eigenvalue weighted by Crippen LogP contribution is 2.52. The van der Waals surface area contributed by atoms with Gasteiger partial charge in [-0.3, -0.25) is 0 Å². The molecule has 1 aliphatic rings. The molecule has 7 rings (SSSR count). The van der Waals surface area contributed by atoms with Crippen LogP contribution in [0.15, 0.2) is 97.2 Å². The van der Waals surface area contributed by atoms with Crippen LogP contribution < -0.4 is 5.32 Å². The highest BCUT2D eigenvalue weighted by molar-refractivity contribution is 6.33. The highest BCUT2D eigenvalue weighted by atomic mass is 35.5. The second-order valence-electron chi connectivity index (χ2n) is 9.88. The van der Waals surface area contributed by atoms with Gasteiger partial charge in [0.2, 0.25) is 0 Å². The zero-order valence-electron chi connectivity index (χ0n) is 19.6. The molecule has 0 radical (unpaired) electrons. The molecule has 1 N–H and O–H groups in total. The van der Waals surface area contributed by atoms with Gasteiger partial charge in [0.15, 0.2) is 0 Å². The highest BCUT2D eigenvalue weighted by Gasteiger charge is 2.36. The molecule has 1 aliphatic carbocycles. The quantitative estimate of drug-likeness (QED) is 0.255. The molecule has 3 heteroatoms. The second kappa shape index (κ2) is 7.31. The number of halogens is 1. The maximum atomic E-state index is 6.36. The van der Waals surface area contributed by atoms with Crippen LogP contribution in [-0.4, -0.2) is 4.98 Å². The Kier molecular flexibility index (Phi) is 4.28. The van der Waals surface area contributed by atoms with Crippen molar-refractivity contribution in [1.82, 2.24) is 4.98 Å². The van der Waals surface area contributed by atoms with Gasteiger partial charge in [0, 0.05) is 17.3 Å². The third-order valence-corrected chi connectivity index (χ3v) is 7.86. The predicted molar refractivity (Wildman–Crippen MR) is 149 cm³/mol. The number of aromatic nitrogens is 1. The molecule has 6 aromatic rings. The lowest BCUT2D eigenvalue weighted by molar-refractivity contribution is 0.661. The van der Waals surface area contributed by atoms with Crippen molar-refractivity contribution in [3.8, 4) is 11.1 Å². The minimum Gasteiger partial charge on any atom is -0.339 e. The lowest BCUT2D eigenvalue weighted by atomic mass is 9.81. The van der Waals surface area contributed by atoms with Gasteiger partial charge >= 0.3 is 0 Å². The first kappa shape index (κ1) is 20.5. The molecule has 5 aromatic carbocycles. The molecule has 1 heterocycles. The number of nitrogens with one attached hydrogen (secondary N) is 1. The van der Waals surface area contributed by atoms with Crippen molar-refractivity contribution in [3.05, 3.63) is 113 Å². The van der Waals surface area contributed by atoms with Crippen molar-refractivity contribution < 1.29 is 0 Å². The van der Waals surface area contributed by atoms with E-state index in [0.29, 0.717) is 10.8 Å². The Hall–Kier alpha value is -3.88. The zero-order valence-corrected chi connectivity index (χ0v) is 20.3. The SMILES string of the molecule is CC1(C)c2ccc(Nc3ncccc3Cl)cc2-c2cc3c4ccccc4c4ccccc4c3cc21. The first-order valence-corrected chi connectivity index (χ1v) is 12.3. The number of pyridine rings is 1. The summed E-state index contributed by atoms with van der Waals surface area (Å²) in [5.41, 5.74) is 6.17. The molecule has 0 atom stereocenters. The summed E-state index contributed by atoms with van der Waals surface area (Å²) in [5, 5.41) is 11.8. The predicted octanol–water partition coefficient (Wildman–Crippen LogP) is 9.24. The number of hydrogen-bond donors (Lipinski definition) is 1. The summed E-state index contributed by atoms with van der Waals surface area (Å²) in [6.45, 7) is 4.66. The van der Waals surface area contributed by atoms with Crippen molar-refractivity contribution >= 4 is 55.4 Å². The van der Waals surface area contributed by atoms with Crippen LogP contribution in [-0.2, 0) is 5.41 Å². The van der Waals surface area contributed by atoms with Crippen LogP contribution in [0.25, 0.3) is 43.4 Å². The molecule has 0 spiro atoms. The van der Waals surface area contributed by atoms with Crippen LogP contribution in [0, 0.1) is 0 Å². The number of rotatable bonds is 2. The van der Waals surface area contributed by atoms with Gasteiger partial charge < -0.3 is 5.32 Å². The Labute approximate surface area is 209 Å². The van der Waals surface area contributed by atoms with E-state index in [4.69, 9.17) is 11.6 Å². The monoisotopic (exact) mass is 470 g/mol. The van der Waals surface area contributed by atoms with Gasteiger partial charge in [0.05, 0.1) is 5.02 Å². The van der Waals surface area contributed by atoms with Crippen LogP contribution in [0.4, 0.5) is 11.5 Å². The maximum absolute atomic E-state index is 6.36. The van der Waals surface area contributed by atoms with E-state index in [2.05, 4.69) is 103 Å². The van der Waals surface area contributed by atoms with E-state index in [9.17, 15) is 0 Å². The number of hydrogen-bond acceptors (Lipinski definition) is 2. The molecule has 0 aliphatic heterocycles. The van der Waals surface area contributed by atoms with Gasteiger partial charge in [-0.2, -0.15) is 0 Å². The standard InChI is InChI=1S/C32H23ClN2/c1-32(2)28-14-13-19(35-31-30(33)12-7-15-34-31)16-26(28)27-17-24-22-10-5-3-8-20(22)21-9-4-6-11-23(21)25(24)18-29(27)32/h3-18H,1-2H3,(H,34,35). The molecule has 2 nitrogen and oxygen atoms in total. The van der Waals surface area contributed by atoms with Gasteiger partial charge in [-0.15, -0.1) is 0 Å². The van der Waals surface area contributed by atoms with Crippen molar-refractivity contribution in [1.29, 1.82) is 0 Å². The van der Waals surface area contributed by atoms with Crippen LogP contribution >= 0.6 is 11.6 Å². The van der Waals surface area contributed by atoms with Gasteiger partial charge in [0.25, 0.3) is 0 Å². The molecule has 0 saturated carbocycles. The Morgan fingerprint density at radius 1 is 0.629 bits per heavy atom. The average Bonchev–Trinajstić information content (AvgIpc) is 3.10. The number of anilines is 2. The van der Waals surface area contributed by atoms with E-state index in [1.807, 2.05) is 12.1 Å². The maximum Gasteiger partial charge on any atom is 0.149 e. The lowest BCUT2D eigenvalue weighted by Gasteiger charge is -2.22. The van der Waals surface area contributed by atoms with E-state index in [0.717, 1.165) is 5.69 Å². The Bertz CT molecular complexity index is 1820. The molecule has 0 fully saturated rings. The van der Waals surface area contributed by atoms with E-state index in [1.165, 1.54) is 54.6 Å². The fourth-order valence-electron chi connectivity index (χ4n) is 5.84. The van der Waals surface area contributed by atoms with Crippen molar-refractivity contribution in [2.75, 3.05) is 5.32 Å². The van der Waals surface area contributed by atoms with Crippen LogP contribution in [0.2, 0.25) is 5.02 Å². The minimum absolute atomic E-state index is 0.0905. The number of nitrogens with zero attached hydrogens (tertiary/aromatic N) is 1. The summed E-state index contributed by atoms with van der Waals surface area (Å²) < 4.78 is 0. The number of benzene rings is 5. The summed E-state index contributed by atoms with van der Waals surface area (Å²) in [7, 11) is 0. The molecule has 0 saturated heterocycles. The third-order valence-electron chi connectivity index (χ3n) is 7.56. The number of fused-ring (bicyclic) bond motifs is 9.